The molecule has 0 amide bonds. The summed E-state index contributed by atoms with van der Waals surface area (Å²) >= 11 is 0. The summed E-state index contributed by atoms with van der Waals surface area (Å²) in [4.78, 5) is 17.7. The van der Waals surface area contributed by atoms with E-state index in [1.54, 1.807) is 7.11 Å². The van der Waals surface area contributed by atoms with Crippen LogP contribution < -0.4 is 4.90 Å². The van der Waals surface area contributed by atoms with Crippen molar-refractivity contribution in [1.29, 1.82) is 0 Å². The van der Waals surface area contributed by atoms with E-state index in [-0.39, 0.29) is 6.61 Å². The molecule has 0 spiro atoms. The molecule has 0 saturated heterocycles. The minimum atomic E-state index is -0.00345. The van der Waals surface area contributed by atoms with Crippen LogP contribution in [0.25, 0.3) is 10.9 Å². The topological polar surface area (TPSA) is 62.7 Å². The van der Waals surface area contributed by atoms with E-state index in [1.165, 1.54) is 0 Å². The normalized spacial score (nSPS) is 10.7. The van der Waals surface area contributed by atoms with E-state index < -0.39 is 0 Å². The van der Waals surface area contributed by atoms with E-state index in [1.807, 2.05) is 35.2 Å². The van der Waals surface area contributed by atoms with E-state index in [9.17, 15) is 9.90 Å². The van der Waals surface area contributed by atoms with Gasteiger partial charge in [-0.2, -0.15) is 0 Å². The third kappa shape index (κ3) is 3.12. The van der Waals surface area contributed by atoms with Crippen molar-refractivity contribution >= 4 is 23.0 Å². The third-order valence-corrected chi connectivity index (χ3v) is 3.09. The van der Waals surface area contributed by atoms with Gasteiger partial charge in [-0.25, -0.2) is 4.98 Å². The molecule has 2 aromatic rings. The number of carbonyl (C=O) groups is 1. The van der Waals surface area contributed by atoms with Crippen molar-refractivity contribution in [2.75, 3.05) is 38.3 Å². The summed E-state index contributed by atoms with van der Waals surface area (Å²) in [5, 5.41) is 10.1. The van der Waals surface area contributed by atoms with Crippen molar-refractivity contribution in [2.24, 2.45) is 0 Å². The zero-order valence-corrected chi connectivity index (χ0v) is 11.5. The molecule has 5 nitrogen and oxygen atoms in total. The molecular formula is C15H18N2O3. The number of ether oxygens (including phenoxy) is 1. The maximum atomic E-state index is 11.3. The van der Waals surface area contributed by atoms with Gasteiger partial charge in [-0.3, -0.25) is 4.79 Å². The van der Waals surface area contributed by atoms with Gasteiger partial charge in [-0.15, -0.1) is 0 Å². The number of aldehydes is 1. The summed E-state index contributed by atoms with van der Waals surface area (Å²) in [7, 11) is 1.62. The Morgan fingerprint density at radius 3 is 2.85 bits per heavy atom. The van der Waals surface area contributed by atoms with Crippen LogP contribution in [-0.4, -0.2) is 49.8 Å². The van der Waals surface area contributed by atoms with Crippen LogP contribution in [0, 0.1) is 0 Å². The van der Waals surface area contributed by atoms with Crippen molar-refractivity contribution in [1.82, 2.24) is 4.98 Å². The van der Waals surface area contributed by atoms with Gasteiger partial charge < -0.3 is 14.7 Å². The number of benzene rings is 1. The van der Waals surface area contributed by atoms with Gasteiger partial charge in [0, 0.05) is 25.6 Å². The molecule has 0 atom stereocenters. The predicted octanol–water partition coefficient (Wildman–Crippen LogP) is 1.49. The van der Waals surface area contributed by atoms with E-state index >= 15 is 0 Å². The van der Waals surface area contributed by atoms with Gasteiger partial charge in [0.1, 0.15) is 5.82 Å². The minimum absolute atomic E-state index is 0.00345. The van der Waals surface area contributed by atoms with Crippen molar-refractivity contribution in [3.63, 3.8) is 0 Å². The van der Waals surface area contributed by atoms with Gasteiger partial charge in [0.2, 0.25) is 0 Å². The Labute approximate surface area is 117 Å². The summed E-state index contributed by atoms with van der Waals surface area (Å²) in [5.74, 6) is 0.588. The Morgan fingerprint density at radius 2 is 2.15 bits per heavy atom. The molecule has 0 aliphatic rings. The fourth-order valence-electron chi connectivity index (χ4n) is 2.11. The van der Waals surface area contributed by atoms with Crippen molar-refractivity contribution in [3.8, 4) is 0 Å². The molecular weight excluding hydrogens is 256 g/mol. The predicted molar refractivity (Wildman–Crippen MR) is 78.3 cm³/mol. The SMILES string of the molecule is COCCN(CCO)c1nc2ccccc2cc1C=O. The van der Waals surface area contributed by atoms with Gasteiger partial charge in [0.25, 0.3) is 0 Å². The number of para-hydroxylation sites is 1. The highest BCUT2D eigenvalue weighted by atomic mass is 16.5. The van der Waals surface area contributed by atoms with Crippen molar-refractivity contribution in [3.05, 3.63) is 35.9 Å². The molecule has 0 aliphatic carbocycles. The first-order chi connectivity index (χ1) is 9.80. The third-order valence-electron chi connectivity index (χ3n) is 3.09. The molecule has 0 saturated carbocycles. The molecule has 1 N–H and O–H groups in total. The first kappa shape index (κ1) is 14.4. The van der Waals surface area contributed by atoms with Gasteiger partial charge >= 0.3 is 0 Å². The lowest BCUT2D eigenvalue weighted by atomic mass is 10.1. The molecule has 1 heterocycles. The standard InChI is InChI=1S/C15H18N2O3/c1-20-9-7-17(6-8-18)15-13(11-19)10-12-4-2-3-5-14(12)16-15/h2-5,10-11,18H,6-9H2,1H3. The number of nitrogens with zero attached hydrogens (tertiary/aromatic N) is 2. The number of aromatic nitrogens is 1. The number of methoxy groups -OCH3 is 1. The number of pyridine rings is 1. The largest absolute Gasteiger partial charge is 0.395 e. The highest BCUT2D eigenvalue weighted by Crippen LogP contribution is 2.22. The zero-order chi connectivity index (χ0) is 14.4. The van der Waals surface area contributed by atoms with Crippen LogP contribution in [0.3, 0.4) is 0 Å². The summed E-state index contributed by atoms with van der Waals surface area (Å²) in [6.45, 7) is 1.49. The van der Waals surface area contributed by atoms with Crippen molar-refractivity contribution in [2.45, 2.75) is 0 Å². The molecule has 1 aromatic carbocycles. The van der Waals surface area contributed by atoms with E-state index in [4.69, 9.17) is 4.74 Å². The van der Waals surface area contributed by atoms with E-state index in [0.29, 0.717) is 31.1 Å². The second-order valence-electron chi connectivity index (χ2n) is 4.42. The van der Waals surface area contributed by atoms with Crippen LogP contribution >= 0.6 is 0 Å². The highest BCUT2D eigenvalue weighted by molar-refractivity contribution is 5.91. The maximum absolute atomic E-state index is 11.3. The van der Waals surface area contributed by atoms with Crippen LogP contribution in [0.4, 0.5) is 5.82 Å². The average molecular weight is 274 g/mol. The Kier molecular flexibility index (Phi) is 5.03. The first-order valence-corrected chi connectivity index (χ1v) is 6.50. The van der Waals surface area contributed by atoms with Gasteiger partial charge in [0.15, 0.2) is 6.29 Å². The summed E-state index contributed by atoms with van der Waals surface area (Å²) in [6, 6.07) is 9.47. The van der Waals surface area contributed by atoms with E-state index in [0.717, 1.165) is 17.2 Å². The summed E-state index contributed by atoms with van der Waals surface area (Å²) < 4.78 is 5.06. The smallest absolute Gasteiger partial charge is 0.153 e. The quantitative estimate of drug-likeness (QED) is 0.775. The fourth-order valence-corrected chi connectivity index (χ4v) is 2.11. The molecule has 0 bridgehead atoms. The first-order valence-electron chi connectivity index (χ1n) is 6.50. The van der Waals surface area contributed by atoms with Crippen LogP contribution in [0.5, 0.6) is 0 Å². The lowest BCUT2D eigenvalue weighted by Crippen LogP contribution is -2.31. The van der Waals surface area contributed by atoms with E-state index in [2.05, 4.69) is 4.98 Å². The zero-order valence-electron chi connectivity index (χ0n) is 11.5. The average Bonchev–Trinajstić information content (AvgIpc) is 2.50. The highest BCUT2D eigenvalue weighted by Gasteiger charge is 2.13. The molecule has 2 rings (SSSR count). The molecule has 0 fully saturated rings. The second-order valence-corrected chi connectivity index (χ2v) is 4.42. The number of anilines is 1. The molecule has 20 heavy (non-hydrogen) atoms. The lowest BCUT2D eigenvalue weighted by molar-refractivity contribution is 0.112. The Balaban J connectivity index is 2.45. The molecule has 1 aromatic heterocycles. The number of fused-ring (bicyclic) bond motifs is 1. The number of hydrogen-bond acceptors (Lipinski definition) is 5. The molecule has 5 heteroatoms. The fraction of sp³-hybridized carbons (Fsp3) is 0.333. The second kappa shape index (κ2) is 6.98. The monoisotopic (exact) mass is 274 g/mol. The summed E-state index contributed by atoms with van der Waals surface area (Å²) in [5.41, 5.74) is 1.35. The Morgan fingerprint density at radius 1 is 1.35 bits per heavy atom. The lowest BCUT2D eigenvalue weighted by Gasteiger charge is -2.24. The van der Waals surface area contributed by atoms with Gasteiger partial charge in [-0.1, -0.05) is 18.2 Å². The Hall–Kier alpha value is -1.98. The number of carbonyl (C=O) groups excluding carboxylic acids is 1. The summed E-state index contributed by atoms with van der Waals surface area (Å²) in [6.07, 6.45) is 0.798. The molecule has 106 valence electrons. The Bertz CT molecular complexity index is 586. The van der Waals surface area contributed by atoms with Crippen LogP contribution in [0.15, 0.2) is 30.3 Å². The van der Waals surface area contributed by atoms with Crippen LogP contribution in [-0.2, 0) is 4.74 Å². The maximum Gasteiger partial charge on any atom is 0.153 e. The van der Waals surface area contributed by atoms with Crippen LogP contribution in [0.1, 0.15) is 10.4 Å². The van der Waals surface area contributed by atoms with Crippen LogP contribution in [0.2, 0.25) is 0 Å². The molecule has 0 radical (unpaired) electrons. The number of hydrogen-bond donors (Lipinski definition) is 1. The number of aliphatic hydroxyl groups is 1. The number of aliphatic hydroxyl groups excluding tert-OH is 1. The van der Waals surface area contributed by atoms with Crippen molar-refractivity contribution < 1.29 is 14.6 Å². The van der Waals surface area contributed by atoms with Gasteiger partial charge in [-0.05, 0) is 12.1 Å². The molecule has 0 aliphatic heterocycles. The van der Waals surface area contributed by atoms with Gasteiger partial charge in [0.05, 0.1) is 24.3 Å². The number of rotatable bonds is 7. The minimum Gasteiger partial charge on any atom is -0.395 e. The molecule has 0 unspecified atom stereocenters.